The highest BCUT2D eigenvalue weighted by molar-refractivity contribution is 5.82. The molecule has 0 aromatic heterocycles. The summed E-state index contributed by atoms with van der Waals surface area (Å²) in [6.07, 6.45) is 9.80. The van der Waals surface area contributed by atoms with Crippen LogP contribution in [0.4, 0.5) is 0 Å². The third-order valence-corrected chi connectivity index (χ3v) is 4.78. The van der Waals surface area contributed by atoms with Gasteiger partial charge in [0.15, 0.2) is 0 Å². The van der Waals surface area contributed by atoms with Crippen LogP contribution >= 0.6 is 0 Å². The van der Waals surface area contributed by atoms with E-state index in [4.69, 9.17) is 10.5 Å². The molecular weight excluding hydrogens is 252 g/mol. The second-order valence-corrected chi connectivity index (χ2v) is 6.45. The fourth-order valence-electron chi connectivity index (χ4n) is 3.27. The third kappa shape index (κ3) is 4.45. The molecule has 2 fully saturated rings. The van der Waals surface area contributed by atoms with Gasteiger partial charge in [0.2, 0.25) is 5.91 Å². The fraction of sp³-hybridized carbons (Fsp3) is 0.938. The van der Waals surface area contributed by atoms with E-state index in [1.165, 1.54) is 38.5 Å². The van der Waals surface area contributed by atoms with Gasteiger partial charge in [-0.1, -0.05) is 19.3 Å². The number of hydrogen-bond donors (Lipinski definition) is 1. The van der Waals surface area contributed by atoms with Gasteiger partial charge < -0.3 is 15.4 Å². The van der Waals surface area contributed by atoms with Crippen LogP contribution in [0.3, 0.4) is 0 Å². The molecule has 116 valence electrons. The number of nitrogens with zero attached hydrogens (tertiary/aromatic N) is 1. The van der Waals surface area contributed by atoms with Crippen molar-refractivity contribution >= 4 is 5.91 Å². The minimum Gasteiger partial charge on any atom is -0.376 e. The Morgan fingerprint density at radius 3 is 2.40 bits per heavy atom. The van der Waals surface area contributed by atoms with Gasteiger partial charge in [-0.3, -0.25) is 4.79 Å². The molecule has 0 aromatic rings. The van der Waals surface area contributed by atoms with Crippen molar-refractivity contribution < 1.29 is 9.53 Å². The van der Waals surface area contributed by atoms with Crippen molar-refractivity contribution in [1.29, 1.82) is 0 Å². The molecule has 4 nitrogen and oxygen atoms in total. The highest BCUT2D eigenvalue weighted by atomic mass is 16.5. The third-order valence-electron chi connectivity index (χ3n) is 4.78. The van der Waals surface area contributed by atoms with Crippen molar-refractivity contribution in [2.75, 3.05) is 19.7 Å². The van der Waals surface area contributed by atoms with Crippen LogP contribution in [0, 0.1) is 5.92 Å². The number of piperidine rings is 1. The predicted octanol–water partition coefficient (Wildman–Crippen LogP) is 2.31. The first kappa shape index (κ1) is 15.8. The molecule has 0 spiro atoms. The number of amides is 1. The second kappa shape index (κ2) is 7.99. The zero-order valence-corrected chi connectivity index (χ0v) is 12.9. The number of rotatable bonds is 5. The molecule has 1 aliphatic heterocycles. The molecule has 1 heterocycles. The average Bonchev–Trinajstić information content (AvgIpc) is 2.53. The van der Waals surface area contributed by atoms with Gasteiger partial charge >= 0.3 is 0 Å². The lowest BCUT2D eigenvalue weighted by atomic mass is 9.90. The van der Waals surface area contributed by atoms with Gasteiger partial charge in [-0.25, -0.2) is 0 Å². The summed E-state index contributed by atoms with van der Waals surface area (Å²) in [4.78, 5) is 14.2. The summed E-state index contributed by atoms with van der Waals surface area (Å²) in [6.45, 7) is 4.43. The smallest absolute Gasteiger partial charge is 0.242 e. The van der Waals surface area contributed by atoms with E-state index in [1.54, 1.807) is 0 Å². The van der Waals surface area contributed by atoms with Crippen molar-refractivity contribution in [3.63, 3.8) is 0 Å². The molecule has 1 saturated carbocycles. The first-order valence-electron chi connectivity index (χ1n) is 8.34. The van der Waals surface area contributed by atoms with Crippen LogP contribution in [0.25, 0.3) is 0 Å². The number of nitrogens with two attached hydrogens (primary N) is 1. The summed E-state index contributed by atoms with van der Waals surface area (Å²) < 4.78 is 5.88. The Morgan fingerprint density at radius 1 is 1.15 bits per heavy atom. The SMILES string of the molecule is C[C@@H](OCC1CCCCC1)[C@H](N)C(=O)N1CCCCC1. The highest BCUT2D eigenvalue weighted by Gasteiger charge is 2.28. The zero-order chi connectivity index (χ0) is 14.4. The van der Waals surface area contributed by atoms with Gasteiger partial charge in [0, 0.05) is 19.7 Å². The molecule has 2 rings (SSSR count). The number of hydrogen-bond acceptors (Lipinski definition) is 3. The fourth-order valence-corrected chi connectivity index (χ4v) is 3.27. The van der Waals surface area contributed by atoms with Crippen LogP contribution in [-0.2, 0) is 9.53 Å². The van der Waals surface area contributed by atoms with Crippen LogP contribution in [0.5, 0.6) is 0 Å². The maximum Gasteiger partial charge on any atom is 0.242 e. The summed E-state index contributed by atoms with van der Waals surface area (Å²) in [6, 6.07) is -0.503. The molecule has 1 aliphatic carbocycles. The minimum absolute atomic E-state index is 0.0702. The lowest BCUT2D eigenvalue weighted by Crippen LogP contribution is -2.51. The number of carbonyl (C=O) groups excluding carboxylic acids is 1. The number of likely N-dealkylation sites (tertiary alicyclic amines) is 1. The van der Waals surface area contributed by atoms with E-state index in [0.717, 1.165) is 32.5 Å². The van der Waals surface area contributed by atoms with E-state index in [9.17, 15) is 4.79 Å². The molecule has 2 atom stereocenters. The zero-order valence-electron chi connectivity index (χ0n) is 12.9. The first-order chi connectivity index (χ1) is 9.68. The van der Waals surface area contributed by atoms with Crippen LogP contribution in [0.1, 0.15) is 58.3 Å². The van der Waals surface area contributed by atoms with Crippen LogP contribution in [-0.4, -0.2) is 42.6 Å². The standard InChI is InChI=1S/C16H30N2O2/c1-13(20-12-14-8-4-2-5-9-14)15(17)16(19)18-10-6-3-7-11-18/h13-15H,2-12,17H2,1H3/t13-,15+/m1/s1. The molecule has 1 amide bonds. The van der Waals surface area contributed by atoms with Crippen LogP contribution in [0.2, 0.25) is 0 Å². The van der Waals surface area contributed by atoms with Crippen molar-refractivity contribution in [3.05, 3.63) is 0 Å². The van der Waals surface area contributed by atoms with Gasteiger partial charge in [0.05, 0.1) is 6.10 Å². The molecule has 0 radical (unpaired) electrons. The summed E-state index contributed by atoms with van der Waals surface area (Å²) in [5.74, 6) is 0.740. The van der Waals surface area contributed by atoms with E-state index >= 15 is 0 Å². The summed E-state index contributed by atoms with van der Waals surface area (Å²) in [5, 5.41) is 0. The van der Waals surface area contributed by atoms with Gasteiger partial charge in [-0.05, 0) is 44.9 Å². The lowest BCUT2D eigenvalue weighted by Gasteiger charge is -2.31. The Kier molecular flexibility index (Phi) is 6.30. The second-order valence-electron chi connectivity index (χ2n) is 6.45. The highest BCUT2D eigenvalue weighted by Crippen LogP contribution is 2.24. The van der Waals surface area contributed by atoms with Crippen molar-refractivity contribution in [1.82, 2.24) is 4.90 Å². The van der Waals surface area contributed by atoms with Crippen molar-refractivity contribution in [3.8, 4) is 0 Å². The molecule has 0 unspecified atom stereocenters. The maximum atomic E-state index is 12.3. The monoisotopic (exact) mass is 282 g/mol. The Labute approximate surface area is 123 Å². The van der Waals surface area contributed by atoms with E-state index in [-0.39, 0.29) is 12.0 Å². The average molecular weight is 282 g/mol. The van der Waals surface area contributed by atoms with Crippen LogP contribution in [0.15, 0.2) is 0 Å². The molecule has 0 aromatic carbocycles. The minimum atomic E-state index is -0.503. The molecular formula is C16H30N2O2. The Hall–Kier alpha value is -0.610. The summed E-state index contributed by atoms with van der Waals surface area (Å²) in [7, 11) is 0. The Bertz CT molecular complexity index is 297. The molecule has 2 aliphatic rings. The van der Waals surface area contributed by atoms with Gasteiger partial charge in [0.25, 0.3) is 0 Å². The first-order valence-corrected chi connectivity index (χ1v) is 8.34. The van der Waals surface area contributed by atoms with E-state index in [0.29, 0.717) is 5.92 Å². The van der Waals surface area contributed by atoms with Crippen molar-refractivity contribution in [2.24, 2.45) is 11.7 Å². The maximum absolute atomic E-state index is 12.3. The van der Waals surface area contributed by atoms with E-state index in [2.05, 4.69) is 0 Å². The normalized spacial score (nSPS) is 24.4. The van der Waals surface area contributed by atoms with Crippen LogP contribution < -0.4 is 5.73 Å². The number of ether oxygens (including phenoxy) is 1. The summed E-state index contributed by atoms with van der Waals surface area (Å²) in [5.41, 5.74) is 6.09. The molecule has 0 bridgehead atoms. The van der Waals surface area contributed by atoms with Gasteiger partial charge in [-0.15, -0.1) is 0 Å². The molecule has 4 heteroatoms. The van der Waals surface area contributed by atoms with Gasteiger partial charge in [0.1, 0.15) is 6.04 Å². The van der Waals surface area contributed by atoms with E-state index < -0.39 is 6.04 Å². The predicted molar refractivity (Wildman–Crippen MR) is 80.4 cm³/mol. The topological polar surface area (TPSA) is 55.6 Å². The molecule has 2 N–H and O–H groups in total. The summed E-state index contributed by atoms with van der Waals surface area (Å²) >= 11 is 0. The Morgan fingerprint density at radius 2 is 1.75 bits per heavy atom. The number of carbonyl (C=O) groups is 1. The lowest BCUT2D eigenvalue weighted by molar-refractivity contribution is -0.137. The molecule has 1 saturated heterocycles. The van der Waals surface area contributed by atoms with E-state index in [1.807, 2.05) is 11.8 Å². The molecule has 20 heavy (non-hydrogen) atoms. The van der Waals surface area contributed by atoms with Gasteiger partial charge in [-0.2, -0.15) is 0 Å². The van der Waals surface area contributed by atoms with Crippen molar-refractivity contribution in [2.45, 2.75) is 70.4 Å². The Balaban J connectivity index is 1.72. The largest absolute Gasteiger partial charge is 0.376 e. The quantitative estimate of drug-likeness (QED) is 0.842.